The lowest BCUT2D eigenvalue weighted by molar-refractivity contribution is 0.0934. The van der Waals surface area contributed by atoms with E-state index in [0.29, 0.717) is 44.8 Å². The van der Waals surface area contributed by atoms with Crippen LogP contribution in [0.1, 0.15) is 26.3 Å². The Hall–Kier alpha value is -3.00. The van der Waals surface area contributed by atoms with Crippen molar-refractivity contribution in [1.29, 1.82) is 0 Å². The minimum Gasteiger partial charge on any atom is -0.383 e. The number of benzene rings is 3. The Bertz CT molecular complexity index is 1200. The lowest BCUT2D eigenvalue weighted by Crippen LogP contribution is -2.31. The number of anilines is 1. The number of hydrogen-bond acceptors (Lipinski definition) is 4. The van der Waals surface area contributed by atoms with Gasteiger partial charge in [-0.1, -0.05) is 35.9 Å². The molecule has 164 valence electrons. The summed E-state index contributed by atoms with van der Waals surface area (Å²) in [6.45, 7) is 0.984. The van der Waals surface area contributed by atoms with Crippen LogP contribution in [0, 0.1) is 0 Å². The predicted octanol–water partition coefficient (Wildman–Crippen LogP) is 4.04. The van der Waals surface area contributed by atoms with Crippen LogP contribution in [0.4, 0.5) is 5.69 Å². The van der Waals surface area contributed by atoms with E-state index < -0.39 is 10.8 Å². The first kappa shape index (κ1) is 22.2. The van der Waals surface area contributed by atoms with Crippen molar-refractivity contribution in [2.45, 2.75) is 16.3 Å². The third-order valence-corrected chi connectivity index (χ3v) is 6.87. The van der Waals surface area contributed by atoms with Gasteiger partial charge in [-0.15, -0.1) is 0 Å². The van der Waals surface area contributed by atoms with Gasteiger partial charge in [-0.2, -0.15) is 0 Å². The topological polar surface area (TPSA) is 75.7 Å². The number of carbonyl (C=O) groups is 2. The van der Waals surface area contributed by atoms with Gasteiger partial charge in [0.2, 0.25) is 0 Å². The van der Waals surface area contributed by atoms with E-state index >= 15 is 0 Å². The largest absolute Gasteiger partial charge is 0.383 e. The Morgan fingerprint density at radius 1 is 1.06 bits per heavy atom. The van der Waals surface area contributed by atoms with Crippen LogP contribution in [-0.4, -0.2) is 36.3 Å². The number of carbonyl (C=O) groups excluding carboxylic acids is 2. The standard InChI is InChI=1S/C24H21ClN2O4S/c1-31-13-12-26-23(28)17-8-11-22-20(14-17)27(15-16-6-9-18(25)10-7-16)24(29)19-4-2-3-5-21(19)32(22)30/h2-11,14H,12-13,15H2,1H3,(H,26,28). The summed E-state index contributed by atoms with van der Waals surface area (Å²) in [7, 11) is -0.0168. The summed E-state index contributed by atoms with van der Waals surface area (Å²) in [5.74, 6) is -0.573. The van der Waals surface area contributed by atoms with Crippen LogP contribution in [0.3, 0.4) is 0 Å². The summed E-state index contributed by atoms with van der Waals surface area (Å²) in [6.07, 6.45) is 0. The van der Waals surface area contributed by atoms with E-state index in [0.717, 1.165) is 5.56 Å². The number of hydrogen-bond donors (Lipinski definition) is 1. The minimum absolute atomic E-state index is 0.239. The molecular weight excluding hydrogens is 448 g/mol. The third kappa shape index (κ3) is 4.46. The highest BCUT2D eigenvalue weighted by atomic mass is 35.5. The number of fused-ring (bicyclic) bond motifs is 2. The van der Waals surface area contributed by atoms with Gasteiger partial charge in [-0.3, -0.25) is 9.59 Å². The van der Waals surface area contributed by atoms with Crippen molar-refractivity contribution in [3.05, 3.63) is 88.4 Å². The number of halogens is 1. The Morgan fingerprint density at radius 3 is 2.56 bits per heavy atom. The second-order valence-corrected chi connectivity index (χ2v) is 9.07. The third-order valence-electron chi connectivity index (χ3n) is 5.12. The average Bonchev–Trinajstić information content (AvgIpc) is 2.90. The number of rotatable bonds is 6. The van der Waals surface area contributed by atoms with Gasteiger partial charge >= 0.3 is 0 Å². The van der Waals surface area contributed by atoms with Gasteiger partial charge in [-0.25, -0.2) is 4.21 Å². The zero-order valence-electron chi connectivity index (χ0n) is 17.3. The van der Waals surface area contributed by atoms with E-state index in [1.807, 2.05) is 12.1 Å². The van der Waals surface area contributed by atoms with Crippen LogP contribution in [0.2, 0.25) is 5.02 Å². The zero-order chi connectivity index (χ0) is 22.7. The molecule has 1 heterocycles. The Kier molecular flexibility index (Phi) is 6.69. The fourth-order valence-corrected chi connectivity index (χ4v) is 4.97. The molecule has 0 radical (unpaired) electrons. The minimum atomic E-state index is -1.57. The van der Waals surface area contributed by atoms with E-state index in [2.05, 4.69) is 5.32 Å². The molecule has 1 unspecified atom stereocenters. The Balaban J connectivity index is 1.80. The molecule has 6 nitrogen and oxygen atoms in total. The number of amides is 2. The lowest BCUT2D eigenvalue weighted by atomic mass is 10.1. The van der Waals surface area contributed by atoms with Gasteiger partial charge < -0.3 is 15.0 Å². The summed E-state index contributed by atoms with van der Waals surface area (Å²) in [6, 6.07) is 19.0. The van der Waals surface area contributed by atoms with Crippen LogP contribution < -0.4 is 10.2 Å². The van der Waals surface area contributed by atoms with Crippen molar-refractivity contribution in [2.24, 2.45) is 0 Å². The van der Waals surface area contributed by atoms with Gasteiger partial charge in [0.05, 0.1) is 45.0 Å². The summed E-state index contributed by atoms with van der Waals surface area (Å²) < 4.78 is 18.4. The molecule has 3 aromatic carbocycles. The quantitative estimate of drug-likeness (QED) is 0.554. The zero-order valence-corrected chi connectivity index (χ0v) is 18.9. The fourth-order valence-electron chi connectivity index (χ4n) is 3.50. The number of nitrogens with zero attached hydrogens (tertiary/aromatic N) is 1. The number of methoxy groups -OCH3 is 1. The maximum Gasteiger partial charge on any atom is 0.259 e. The molecule has 8 heteroatoms. The SMILES string of the molecule is COCCNC(=O)c1ccc2c(c1)N(Cc1ccc(Cl)cc1)C(=O)c1ccccc1S2=O. The molecular formula is C24H21ClN2O4S. The average molecular weight is 469 g/mol. The molecule has 0 saturated carbocycles. The molecule has 1 aliphatic rings. The number of ether oxygens (including phenoxy) is 1. The Morgan fingerprint density at radius 2 is 1.81 bits per heavy atom. The molecule has 1 atom stereocenters. The number of nitrogens with one attached hydrogen (secondary N) is 1. The summed E-state index contributed by atoms with van der Waals surface area (Å²) in [5.41, 5.74) is 2.05. The molecule has 0 fully saturated rings. The predicted molar refractivity (Wildman–Crippen MR) is 124 cm³/mol. The van der Waals surface area contributed by atoms with E-state index in [4.69, 9.17) is 16.3 Å². The molecule has 0 aromatic heterocycles. The molecule has 2 amide bonds. The van der Waals surface area contributed by atoms with Gasteiger partial charge in [0.15, 0.2) is 0 Å². The van der Waals surface area contributed by atoms with Gasteiger partial charge in [-0.05, 0) is 48.0 Å². The molecule has 1 N–H and O–H groups in total. The highest BCUT2D eigenvalue weighted by molar-refractivity contribution is 7.85. The first-order chi connectivity index (χ1) is 15.5. The highest BCUT2D eigenvalue weighted by Gasteiger charge is 2.31. The molecule has 0 aliphatic carbocycles. The van der Waals surface area contributed by atoms with E-state index in [9.17, 15) is 13.8 Å². The molecule has 1 aliphatic heterocycles. The van der Waals surface area contributed by atoms with Crippen molar-refractivity contribution in [1.82, 2.24) is 5.32 Å². The van der Waals surface area contributed by atoms with Crippen molar-refractivity contribution in [3.8, 4) is 0 Å². The van der Waals surface area contributed by atoms with E-state index in [-0.39, 0.29) is 18.4 Å². The molecule has 0 spiro atoms. The van der Waals surface area contributed by atoms with Gasteiger partial charge in [0.25, 0.3) is 11.8 Å². The van der Waals surface area contributed by atoms with Crippen molar-refractivity contribution < 1.29 is 18.5 Å². The maximum absolute atomic E-state index is 13.6. The molecule has 32 heavy (non-hydrogen) atoms. The Labute approximate surface area is 193 Å². The highest BCUT2D eigenvalue weighted by Crippen LogP contribution is 2.36. The maximum atomic E-state index is 13.6. The molecule has 4 rings (SSSR count). The van der Waals surface area contributed by atoms with E-state index in [1.165, 1.54) is 0 Å². The summed E-state index contributed by atoms with van der Waals surface area (Å²) >= 11 is 6.01. The first-order valence-corrected chi connectivity index (χ1v) is 11.5. The van der Waals surface area contributed by atoms with Crippen LogP contribution in [0.5, 0.6) is 0 Å². The second-order valence-electron chi connectivity index (χ2n) is 7.21. The van der Waals surface area contributed by atoms with Crippen LogP contribution in [0.25, 0.3) is 0 Å². The van der Waals surface area contributed by atoms with Crippen LogP contribution in [-0.2, 0) is 22.1 Å². The smallest absolute Gasteiger partial charge is 0.259 e. The molecule has 3 aromatic rings. The van der Waals surface area contributed by atoms with Crippen LogP contribution >= 0.6 is 11.6 Å². The van der Waals surface area contributed by atoms with Crippen molar-refractivity contribution in [2.75, 3.05) is 25.2 Å². The summed E-state index contributed by atoms with van der Waals surface area (Å²) in [4.78, 5) is 28.7. The molecule has 0 bridgehead atoms. The van der Waals surface area contributed by atoms with Gasteiger partial charge in [0, 0.05) is 24.2 Å². The fraction of sp³-hybridized carbons (Fsp3) is 0.167. The summed E-state index contributed by atoms with van der Waals surface area (Å²) in [5, 5.41) is 3.37. The molecule has 0 saturated heterocycles. The lowest BCUT2D eigenvalue weighted by Gasteiger charge is -2.23. The van der Waals surface area contributed by atoms with Crippen molar-refractivity contribution >= 4 is 39.9 Å². The second kappa shape index (κ2) is 9.65. The van der Waals surface area contributed by atoms with E-state index in [1.54, 1.807) is 66.6 Å². The normalized spacial score (nSPS) is 15.0. The monoisotopic (exact) mass is 468 g/mol. The van der Waals surface area contributed by atoms with Crippen LogP contribution in [0.15, 0.2) is 76.5 Å². The van der Waals surface area contributed by atoms with Crippen molar-refractivity contribution in [3.63, 3.8) is 0 Å². The van der Waals surface area contributed by atoms with Gasteiger partial charge in [0.1, 0.15) is 0 Å². The first-order valence-electron chi connectivity index (χ1n) is 9.98.